The van der Waals surface area contributed by atoms with Crippen LogP contribution in [0.5, 0.6) is 0 Å². The van der Waals surface area contributed by atoms with Gasteiger partial charge in [-0.3, -0.25) is 19.6 Å². The van der Waals surface area contributed by atoms with Gasteiger partial charge in [0, 0.05) is 13.0 Å². The second-order valence-electron chi connectivity index (χ2n) is 6.67. The number of para-hydroxylation sites is 1. The Morgan fingerprint density at radius 2 is 1.71 bits per heavy atom. The summed E-state index contributed by atoms with van der Waals surface area (Å²) in [5.41, 5.74) is 3.41. The van der Waals surface area contributed by atoms with Crippen LogP contribution in [0.2, 0.25) is 0 Å². The molecule has 7 nitrogen and oxygen atoms in total. The van der Waals surface area contributed by atoms with Crippen LogP contribution >= 0.6 is 0 Å². The lowest BCUT2D eigenvalue weighted by Crippen LogP contribution is -2.40. The van der Waals surface area contributed by atoms with Gasteiger partial charge >= 0.3 is 0 Å². The van der Waals surface area contributed by atoms with Crippen molar-refractivity contribution in [2.24, 2.45) is 0 Å². The number of carbonyl (C=O) groups excluding carboxylic acids is 3. The number of nitrogens with one attached hydrogen (secondary N) is 2. The van der Waals surface area contributed by atoms with E-state index in [1.54, 1.807) is 34.6 Å². The van der Waals surface area contributed by atoms with E-state index in [9.17, 15) is 14.4 Å². The third-order valence-electron chi connectivity index (χ3n) is 4.77. The van der Waals surface area contributed by atoms with Crippen LogP contribution in [0.25, 0.3) is 0 Å². The molecule has 1 aliphatic rings. The minimum absolute atomic E-state index is 0.183. The van der Waals surface area contributed by atoms with Crippen molar-refractivity contribution in [2.75, 3.05) is 11.4 Å². The summed E-state index contributed by atoms with van der Waals surface area (Å²) in [4.78, 5) is 38.7. The van der Waals surface area contributed by atoms with E-state index in [-0.39, 0.29) is 18.2 Å². The number of hydrogen-bond donors (Lipinski definition) is 3. The molecule has 0 bridgehead atoms. The van der Waals surface area contributed by atoms with E-state index in [0.29, 0.717) is 30.6 Å². The summed E-state index contributed by atoms with van der Waals surface area (Å²) >= 11 is 0. The van der Waals surface area contributed by atoms with Gasteiger partial charge in [-0.2, -0.15) is 0 Å². The number of nitrogens with zero attached hydrogens (tertiary/aromatic N) is 1. The van der Waals surface area contributed by atoms with Crippen molar-refractivity contribution in [1.29, 1.82) is 0 Å². The number of unbranched alkanes of at least 4 members (excludes halogenated alkanes) is 2. The van der Waals surface area contributed by atoms with Crippen LogP contribution < -0.4 is 15.7 Å². The molecule has 0 aromatic heterocycles. The second-order valence-corrected chi connectivity index (χ2v) is 6.67. The summed E-state index contributed by atoms with van der Waals surface area (Å²) in [6.45, 7) is 0.439. The van der Waals surface area contributed by atoms with Crippen LogP contribution in [-0.2, 0) is 9.59 Å². The first-order valence-corrected chi connectivity index (χ1v) is 9.31. The molecule has 0 saturated heterocycles. The lowest BCUT2D eigenvalue weighted by molar-refractivity contribution is -0.129. The molecule has 0 saturated carbocycles. The first-order valence-electron chi connectivity index (χ1n) is 9.31. The van der Waals surface area contributed by atoms with E-state index in [0.717, 1.165) is 12.0 Å². The van der Waals surface area contributed by atoms with E-state index >= 15 is 0 Å². The smallest absolute Gasteiger partial charge is 0.254 e. The summed E-state index contributed by atoms with van der Waals surface area (Å²) in [6.07, 6.45) is 2.23. The van der Waals surface area contributed by atoms with E-state index in [4.69, 9.17) is 5.21 Å². The normalized spacial score (nSPS) is 16.2. The number of rotatable bonds is 7. The Morgan fingerprint density at radius 1 is 1.00 bits per heavy atom. The lowest BCUT2D eigenvalue weighted by atomic mass is 10.1. The van der Waals surface area contributed by atoms with Crippen molar-refractivity contribution in [3.8, 4) is 0 Å². The van der Waals surface area contributed by atoms with Crippen LogP contribution in [0.3, 0.4) is 0 Å². The summed E-state index contributed by atoms with van der Waals surface area (Å²) in [5.74, 6) is -0.882. The van der Waals surface area contributed by atoms with Crippen molar-refractivity contribution in [3.63, 3.8) is 0 Å². The van der Waals surface area contributed by atoms with E-state index in [2.05, 4.69) is 5.32 Å². The zero-order chi connectivity index (χ0) is 19.9. The highest BCUT2D eigenvalue weighted by atomic mass is 16.5. The van der Waals surface area contributed by atoms with E-state index in [1.807, 2.05) is 30.3 Å². The van der Waals surface area contributed by atoms with Crippen LogP contribution in [-0.4, -0.2) is 29.5 Å². The van der Waals surface area contributed by atoms with Crippen LogP contribution in [0.15, 0.2) is 54.6 Å². The maximum Gasteiger partial charge on any atom is 0.254 e. The SMILES string of the molecule is O=C(CCCCCN1C(=O)[C@@H](c2ccccc2)NC(=O)c2ccccc21)NO. The third kappa shape index (κ3) is 4.37. The molecule has 7 heteroatoms. The first kappa shape index (κ1) is 19.6. The number of fused-ring (bicyclic) bond motifs is 1. The predicted octanol–water partition coefficient (Wildman–Crippen LogP) is 2.57. The average molecular weight is 381 g/mol. The molecule has 0 unspecified atom stereocenters. The molecule has 28 heavy (non-hydrogen) atoms. The molecule has 146 valence electrons. The fraction of sp³-hybridized carbons (Fsp3) is 0.286. The lowest BCUT2D eigenvalue weighted by Gasteiger charge is -2.25. The molecule has 1 atom stereocenters. The number of anilines is 1. The molecule has 2 aromatic rings. The Morgan fingerprint density at radius 3 is 2.46 bits per heavy atom. The molecule has 0 radical (unpaired) electrons. The van der Waals surface area contributed by atoms with Crippen LogP contribution in [0, 0.1) is 0 Å². The molecule has 2 aromatic carbocycles. The number of hydroxylamine groups is 1. The van der Waals surface area contributed by atoms with E-state index in [1.165, 1.54) is 0 Å². The summed E-state index contributed by atoms with van der Waals surface area (Å²) < 4.78 is 0. The summed E-state index contributed by atoms with van der Waals surface area (Å²) in [6, 6.07) is 15.5. The van der Waals surface area contributed by atoms with Gasteiger partial charge in [-0.25, -0.2) is 5.48 Å². The quantitative estimate of drug-likeness (QED) is 0.390. The van der Waals surface area contributed by atoms with E-state index < -0.39 is 11.9 Å². The van der Waals surface area contributed by atoms with Crippen LogP contribution in [0.4, 0.5) is 5.69 Å². The van der Waals surface area contributed by atoms with Crippen molar-refractivity contribution in [2.45, 2.75) is 31.7 Å². The zero-order valence-electron chi connectivity index (χ0n) is 15.4. The number of carbonyl (C=O) groups is 3. The average Bonchev–Trinajstić information content (AvgIpc) is 2.84. The molecular formula is C21H23N3O4. The fourth-order valence-electron chi connectivity index (χ4n) is 3.34. The Labute approximate surface area is 163 Å². The number of amides is 3. The molecule has 3 amide bonds. The maximum absolute atomic E-state index is 13.3. The van der Waals surface area contributed by atoms with Gasteiger partial charge in [-0.1, -0.05) is 48.9 Å². The monoisotopic (exact) mass is 381 g/mol. The Kier molecular flexibility index (Phi) is 6.39. The second kappa shape index (κ2) is 9.14. The molecule has 3 N–H and O–H groups in total. The molecule has 0 spiro atoms. The molecule has 0 fully saturated rings. The number of hydrogen-bond acceptors (Lipinski definition) is 4. The fourth-order valence-corrected chi connectivity index (χ4v) is 3.34. The molecular weight excluding hydrogens is 358 g/mol. The first-order chi connectivity index (χ1) is 13.6. The molecule has 3 rings (SSSR count). The minimum Gasteiger partial charge on any atom is -0.336 e. The minimum atomic E-state index is -0.749. The molecule has 1 heterocycles. The summed E-state index contributed by atoms with van der Waals surface area (Å²) in [5, 5.41) is 11.4. The summed E-state index contributed by atoms with van der Waals surface area (Å²) in [7, 11) is 0. The number of benzene rings is 2. The van der Waals surface area contributed by atoms with Crippen molar-refractivity contribution < 1.29 is 19.6 Å². The van der Waals surface area contributed by atoms with Gasteiger partial charge in [0.05, 0.1) is 11.3 Å². The van der Waals surface area contributed by atoms with Gasteiger partial charge in [0.1, 0.15) is 6.04 Å². The van der Waals surface area contributed by atoms with Crippen molar-refractivity contribution in [3.05, 3.63) is 65.7 Å². The topological polar surface area (TPSA) is 98.7 Å². The van der Waals surface area contributed by atoms with Crippen molar-refractivity contribution >= 4 is 23.4 Å². The highest BCUT2D eigenvalue weighted by Crippen LogP contribution is 2.29. The Balaban J connectivity index is 1.80. The van der Waals surface area contributed by atoms with Gasteiger partial charge in [0.2, 0.25) is 5.91 Å². The van der Waals surface area contributed by atoms with Gasteiger partial charge in [-0.05, 0) is 30.5 Å². The van der Waals surface area contributed by atoms with Crippen LogP contribution in [0.1, 0.15) is 47.6 Å². The maximum atomic E-state index is 13.3. The predicted molar refractivity (Wildman–Crippen MR) is 104 cm³/mol. The Bertz CT molecular complexity index is 854. The van der Waals surface area contributed by atoms with Crippen molar-refractivity contribution in [1.82, 2.24) is 10.8 Å². The Hall–Kier alpha value is -3.19. The highest BCUT2D eigenvalue weighted by Gasteiger charge is 2.34. The largest absolute Gasteiger partial charge is 0.336 e. The van der Waals surface area contributed by atoms with Gasteiger partial charge in [0.15, 0.2) is 0 Å². The zero-order valence-corrected chi connectivity index (χ0v) is 15.4. The van der Waals surface area contributed by atoms with Gasteiger partial charge in [0.25, 0.3) is 11.8 Å². The van der Waals surface area contributed by atoms with Gasteiger partial charge < -0.3 is 10.2 Å². The standard InChI is InChI=1S/C21H23N3O4/c25-18(23-28)13-5-2-8-14-24-17-12-7-6-11-16(17)20(26)22-19(21(24)27)15-9-3-1-4-10-15/h1,3-4,6-7,9-12,19,28H,2,5,8,13-14H2,(H,22,26)(H,23,25)/t19-/m1/s1. The highest BCUT2D eigenvalue weighted by molar-refractivity contribution is 6.11. The molecule has 0 aliphatic carbocycles. The third-order valence-corrected chi connectivity index (χ3v) is 4.77. The van der Waals surface area contributed by atoms with Gasteiger partial charge in [-0.15, -0.1) is 0 Å². The molecule has 1 aliphatic heterocycles.